The fourth-order valence-corrected chi connectivity index (χ4v) is 4.58. The summed E-state index contributed by atoms with van der Waals surface area (Å²) in [4.78, 5) is 0.193. The molecule has 4 nitrogen and oxygen atoms in total. The first-order valence-corrected chi connectivity index (χ1v) is 10.2. The number of aryl methyl sites for hydroxylation is 1. The monoisotopic (exact) mass is 379 g/mol. The molecular weight excluding hydrogens is 358 g/mol. The molecule has 25 heavy (non-hydrogen) atoms. The van der Waals surface area contributed by atoms with Gasteiger partial charge in [-0.05, 0) is 43.0 Å². The van der Waals surface area contributed by atoms with Crippen molar-refractivity contribution >= 4 is 21.6 Å². The third kappa shape index (κ3) is 4.06. The van der Waals surface area contributed by atoms with Crippen LogP contribution in [0.3, 0.4) is 0 Å². The van der Waals surface area contributed by atoms with E-state index in [4.69, 9.17) is 16.3 Å². The second-order valence-corrected chi connectivity index (χ2v) is 8.67. The molecule has 0 unspecified atom stereocenters. The predicted octanol–water partition coefficient (Wildman–Crippen LogP) is 3.68. The van der Waals surface area contributed by atoms with E-state index in [-0.39, 0.29) is 10.3 Å². The molecule has 1 fully saturated rings. The van der Waals surface area contributed by atoms with Crippen LogP contribution in [0.15, 0.2) is 53.4 Å². The van der Waals surface area contributed by atoms with Crippen molar-refractivity contribution in [3.05, 3.63) is 64.7 Å². The Morgan fingerprint density at radius 1 is 1.12 bits per heavy atom. The molecule has 134 valence electrons. The van der Waals surface area contributed by atoms with Crippen LogP contribution in [0.25, 0.3) is 0 Å². The minimum Gasteiger partial charge on any atom is -0.381 e. The average Bonchev–Trinajstić information content (AvgIpc) is 2.64. The van der Waals surface area contributed by atoms with Crippen molar-refractivity contribution in [2.75, 3.05) is 19.8 Å². The lowest BCUT2D eigenvalue weighted by Crippen LogP contribution is -2.44. The van der Waals surface area contributed by atoms with Gasteiger partial charge in [0.05, 0.1) is 4.90 Å². The maximum atomic E-state index is 12.7. The molecule has 1 saturated heterocycles. The number of hydrogen-bond acceptors (Lipinski definition) is 3. The van der Waals surface area contributed by atoms with E-state index < -0.39 is 10.0 Å². The number of nitrogens with one attached hydrogen (secondary N) is 1. The largest absolute Gasteiger partial charge is 0.381 e. The number of halogens is 1. The second-order valence-electron chi connectivity index (χ2n) is 6.49. The first kappa shape index (κ1) is 18.4. The van der Waals surface area contributed by atoms with Crippen molar-refractivity contribution in [1.29, 1.82) is 0 Å². The topological polar surface area (TPSA) is 55.4 Å². The molecule has 0 atom stereocenters. The van der Waals surface area contributed by atoms with Crippen LogP contribution in [0.4, 0.5) is 0 Å². The lowest BCUT2D eigenvalue weighted by Gasteiger charge is -2.37. The summed E-state index contributed by atoms with van der Waals surface area (Å²) < 4.78 is 33.7. The average molecular weight is 380 g/mol. The van der Waals surface area contributed by atoms with Gasteiger partial charge in [0.25, 0.3) is 0 Å². The molecule has 0 radical (unpaired) electrons. The molecule has 2 aromatic carbocycles. The Morgan fingerprint density at radius 2 is 1.80 bits per heavy atom. The lowest BCUT2D eigenvalue weighted by molar-refractivity contribution is 0.0517. The third-order valence-corrected chi connectivity index (χ3v) is 6.70. The van der Waals surface area contributed by atoms with Crippen molar-refractivity contribution in [3.63, 3.8) is 0 Å². The van der Waals surface area contributed by atoms with Crippen LogP contribution in [0.2, 0.25) is 5.02 Å². The van der Waals surface area contributed by atoms with E-state index in [1.807, 2.05) is 25.1 Å². The SMILES string of the molecule is Cc1ccc(S(=O)(=O)NCC2(c3ccccc3)CCOCC2)cc1Cl. The summed E-state index contributed by atoms with van der Waals surface area (Å²) in [5.41, 5.74) is 1.75. The molecule has 0 amide bonds. The summed E-state index contributed by atoms with van der Waals surface area (Å²) in [6.07, 6.45) is 1.57. The maximum absolute atomic E-state index is 12.7. The molecule has 0 aromatic heterocycles. The highest BCUT2D eigenvalue weighted by Gasteiger charge is 2.35. The zero-order valence-electron chi connectivity index (χ0n) is 14.2. The van der Waals surface area contributed by atoms with Gasteiger partial charge in [0.2, 0.25) is 10.0 Å². The van der Waals surface area contributed by atoms with Crippen LogP contribution in [-0.2, 0) is 20.2 Å². The Kier molecular flexibility index (Phi) is 5.49. The summed E-state index contributed by atoms with van der Waals surface area (Å²) in [6.45, 7) is 3.45. The maximum Gasteiger partial charge on any atom is 0.240 e. The first-order valence-electron chi connectivity index (χ1n) is 8.32. The molecule has 1 aliphatic rings. The van der Waals surface area contributed by atoms with Crippen LogP contribution >= 0.6 is 11.6 Å². The molecule has 0 spiro atoms. The van der Waals surface area contributed by atoms with Gasteiger partial charge in [0, 0.05) is 30.2 Å². The van der Waals surface area contributed by atoms with Crippen molar-refractivity contribution < 1.29 is 13.2 Å². The standard InChI is InChI=1S/C19H22ClNO3S/c1-15-7-8-17(13-18(15)20)25(22,23)21-14-19(9-11-24-12-10-19)16-5-3-2-4-6-16/h2-8,13,21H,9-12,14H2,1H3. The molecule has 1 heterocycles. The first-order chi connectivity index (χ1) is 11.9. The highest BCUT2D eigenvalue weighted by atomic mass is 35.5. The van der Waals surface area contributed by atoms with Crippen molar-refractivity contribution in [1.82, 2.24) is 4.72 Å². The lowest BCUT2D eigenvalue weighted by atomic mass is 9.74. The van der Waals surface area contributed by atoms with E-state index in [2.05, 4.69) is 16.9 Å². The van der Waals surface area contributed by atoms with Crippen LogP contribution in [-0.4, -0.2) is 28.2 Å². The molecule has 3 rings (SSSR count). The molecule has 1 aliphatic heterocycles. The van der Waals surface area contributed by atoms with Gasteiger partial charge >= 0.3 is 0 Å². The van der Waals surface area contributed by atoms with E-state index in [9.17, 15) is 8.42 Å². The van der Waals surface area contributed by atoms with E-state index in [1.165, 1.54) is 6.07 Å². The van der Waals surface area contributed by atoms with E-state index in [0.29, 0.717) is 24.8 Å². The highest BCUT2D eigenvalue weighted by Crippen LogP contribution is 2.34. The van der Waals surface area contributed by atoms with Gasteiger partial charge in [0.15, 0.2) is 0 Å². The number of rotatable bonds is 5. The van der Waals surface area contributed by atoms with Crippen molar-refractivity contribution in [2.24, 2.45) is 0 Å². The van der Waals surface area contributed by atoms with Gasteiger partial charge in [0.1, 0.15) is 0 Å². The minimum atomic E-state index is -3.62. The van der Waals surface area contributed by atoms with E-state index in [0.717, 1.165) is 24.0 Å². The van der Waals surface area contributed by atoms with Gasteiger partial charge in [-0.15, -0.1) is 0 Å². The molecule has 0 bridgehead atoms. The van der Waals surface area contributed by atoms with Crippen molar-refractivity contribution in [2.45, 2.75) is 30.1 Å². The Hall–Kier alpha value is -1.40. The molecule has 0 aliphatic carbocycles. The summed E-state index contributed by atoms with van der Waals surface area (Å²) in [7, 11) is -3.62. The summed E-state index contributed by atoms with van der Waals surface area (Å²) in [6, 6.07) is 14.9. The Balaban J connectivity index is 1.84. The fraction of sp³-hybridized carbons (Fsp3) is 0.368. The number of sulfonamides is 1. The van der Waals surface area contributed by atoms with E-state index in [1.54, 1.807) is 12.1 Å². The summed E-state index contributed by atoms with van der Waals surface area (Å²) in [5, 5.41) is 0.451. The van der Waals surface area contributed by atoms with Crippen LogP contribution < -0.4 is 4.72 Å². The number of benzene rings is 2. The van der Waals surface area contributed by atoms with E-state index >= 15 is 0 Å². The summed E-state index contributed by atoms with van der Waals surface area (Å²) in [5.74, 6) is 0. The Morgan fingerprint density at radius 3 is 2.44 bits per heavy atom. The minimum absolute atomic E-state index is 0.193. The fourth-order valence-electron chi connectivity index (χ4n) is 3.18. The predicted molar refractivity (Wildman–Crippen MR) is 99.6 cm³/mol. The highest BCUT2D eigenvalue weighted by molar-refractivity contribution is 7.89. The number of hydrogen-bond donors (Lipinski definition) is 1. The number of ether oxygens (including phenoxy) is 1. The van der Waals surface area contributed by atoms with Crippen LogP contribution in [0.1, 0.15) is 24.0 Å². The van der Waals surface area contributed by atoms with Gasteiger partial charge < -0.3 is 4.74 Å². The van der Waals surface area contributed by atoms with Crippen LogP contribution in [0.5, 0.6) is 0 Å². The second kappa shape index (κ2) is 7.46. The molecule has 0 saturated carbocycles. The zero-order valence-corrected chi connectivity index (χ0v) is 15.7. The smallest absolute Gasteiger partial charge is 0.240 e. The normalized spacial score (nSPS) is 17.4. The van der Waals surface area contributed by atoms with Gasteiger partial charge in [-0.3, -0.25) is 0 Å². The molecular formula is C19H22ClNO3S. The van der Waals surface area contributed by atoms with Gasteiger partial charge in [-0.2, -0.15) is 0 Å². The van der Waals surface area contributed by atoms with Gasteiger partial charge in [-0.25, -0.2) is 13.1 Å². The molecule has 6 heteroatoms. The molecule has 2 aromatic rings. The summed E-state index contributed by atoms with van der Waals surface area (Å²) >= 11 is 6.08. The zero-order chi connectivity index (χ0) is 17.9. The third-order valence-electron chi connectivity index (χ3n) is 4.89. The molecule has 1 N–H and O–H groups in total. The Bertz CT molecular complexity index is 831. The van der Waals surface area contributed by atoms with Crippen LogP contribution in [0, 0.1) is 6.92 Å². The quantitative estimate of drug-likeness (QED) is 0.862. The Labute approximate surface area is 154 Å². The van der Waals surface area contributed by atoms with Crippen molar-refractivity contribution in [3.8, 4) is 0 Å². The van der Waals surface area contributed by atoms with Gasteiger partial charge in [-0.1, -0.05) is 48.0 Å².